The molecule has 0 heterocycles. The molecule has 8 heteroatoms. The van der Waals surface area contributed by atoms with E-state index in [0.29, 0.717) is 6.61 Å². The van der Waals surface area contributed by atoms with Gasteiger partial charge in [-0.1, -0.05) is 77.7 Å². The molecule has 0 rings (SSSR count). The molecule has 0 saturated carbocycles. The third kappa shape index (κ3) is 19.8. The van der Waals surface area contributed by atoms with Crippen LogP contribution in [0.15, 0.2) is 12.7 Å². The van der Waals surface area contributed by atoms with E-state index in [9.17, 15) is 9.36 Å². The van der Waals surface area contributed by atoms with Crippen molar-refractivity contribution in [3.05, 3.63) is 12.7 Å². The average molecular weight is 408 g/mol. The summed E-state index contributed by atoms with van der Waals surface area (Å²) in [6.07, 6.45) is 13.6. The van der Waals surface area contributed by atoms with Gasteiger partial charge in [-0.3, -0.25) is 4.52 Å². The highest BCUT2D eigenvalue weighted by Gasteiger charge is 2.23. The molecule has 0 spiro atoms. The molecule has 0 radical (unpaired) electrons. The minimum Gasteiger partial charge on any atom is -0.460 e. The van der Waals surface area contributed by atoms with E-state index in [1.807, 2.05) is 0 Å². The molecule has 0 saturated heterocycles. The van der Waals surface area contributed by atoms with Gasteiger partial charge in [0.15, 0.2) is 0 Å². The van der Waals surface area contributed by atoms with Crippen LogP contribution in [0.4, 0.5) is 0 Å². The van der Waals surface area contributed by atoms with Crippen molar-refractivity contribution in [1.29, 1.82) is 0 Å². The quantitative estimate of drug-likeness (QED) is 0.140. The fourth-order valence-electron chi connectivity index (χ4n) is 2.62. The van der Waals surface area contributed by atoms with Gasteiger partial charge in [0.2, 0.25) is 0 Å². The van der Waals surface area contributed by atoms with Crippen molar-refractivity contribution < 1.29 is 33.1 Å². The highest BCUT2D eigenvalue weighted by molar-refractivity contribution is 7.46. The minimum absolute atomic E-state index is 0.0483. The zero-order valence-corrected chi connectivity index (χ0v) is 17.5. The number of ether oxygens (including phenoxy) is 2. The van der Waals surface area contributed by atoms with Crippen molar-refractivity contribution in [3.8, 4) is 0 Å². The molecular weight excluding hydrogens is 371 g/mol. The SMILES string of the molecule is C=CC(=O)OCC(COCCCCCCCCCCCCC)OP(=O)(O)O. The van der Waals surface area contributed by atoms with Crippen LogP contribution in [0.5, 0.6) is 0 Å². The van der Waals surface area contributed by atoms with Crippen LogP contribution < -0.4 is 0 Å². The lowest BCUT2D eigenvalue weighted by Crippen LogP contribution is -2.26. The van der Waals surface area contributed by atoms with Gasteiger partial charge in [0.05, 0.1) is 6.61 Å². The molecule has 0 aliphatic heterocycles. The molecule has 0 aromatic carbocycles. The molecule has 0 aromatic heterocycles. The molecule has 0 aliphatic carbocycles. The maximum Gasteiger partial charge on any atom is 0.470 e. The molecule has 0 bridgehead atoms. The van der Waals surface area contributed by atoms with Crippen molar-refractivity contribution in [2.45, 2.75) is 83.7 Å². The Morgan fingerprint density at radius 3 is 1.96 bits per heavy atom. The fourth-order valence-corrected chi connectivity index (χ4v) is 3.13. The largest absolute Gasteiger partial charge is 0.470 e. The predicted octanol–water partition coefficient (Wildman–Crippen LogP) is 4.52. The number of carbonyl (C=O) groups excluding carboxylic acids is 1. The summed E-state index contributed by atoms with van der Waals surface area (Å²) < 4.78 is 25.7. The molecule has 1 atom stereocenters. The standard InChI is InChI=1S/C19H37O7P/c1-3-5-6-7-8-9-10-11-12-13-14-15-24-16-18(26-27(21,22)23)17-25-19(20)4-2/h4,18H,2-3,5-17H2,1H3,(H2,21,22,23). The summed E-state index contributed by atoms with van der Waals surface area (Å²) in [5, 5.41) is 0. The molecule has 0 fully saturated rings. The van der Waals surface area contributed by atoms with Crippen LogP contribution in [0.1, 0.15) is 77.6 Å². The summed E-state index contributed by atoms with van der Waals surface area (Å²) in [4.78, 5) is 28.8. The number of unbranched alkanes of at least 4 members (excludes halogenated alkanes) is 10. The lowest BCUT2D eigenvalue weighted by atomic mass is 10.1. The van der Waals surface area contributed by atoms with E-state index in [1.54, 1.807) is 0 Å². The van der Waals surface area contributed by atoms with Gasteiger partial charge in [0.1, 0.15) is 12.7 Å². The second kappa shape index (κ2) is 17.4. The Bertz CT molecular complexity index is 422. The van der Waals surface area contributed by atoms with Crippen LogP contribution in [0.3, 0.4) is 0 Å². The Kier molecular flexibility index (Phi) is 16.9. The van der Waals surface area contributed by atoms with E-state index < -0.39 is 19.9 Å². The van der Waals surface area contributed by atoms with Gasteiger partial charge in [0, 0.05) is 12.7 Å². The predicted molar refractivity (Wildman–Crippen MR) is 105 cm³/mol. The number of esters is 1. The Morgan fingerprint density at radius 1 is 0.963 bits per heavy atom. The van der Waals surface area contributed by atoms with Crippen LogP contribution in [-0.4, -0.2) is 41.7 Å². The van der Waals surface area contributed by atoms with Crippen LogP contribution in [-0.2, 0) is 23.4 Å². The van der Waals surface area contributed by atoms with E-state index in [4.69, 9.17) is 19.3 Å². The molecule has 1 unspecified atom stereocenters. The smallest absolute Gasteiger partial charge is 0.460 e. The maximum atomic E-state index is 11.0. The third-order valence-corrected chi connectivity index (χ3v) is 4.63. The number of carbonyl (C=O) groups is 1. The highest BCUT2D eigenvalue weighted by Crippen LogP contribution is 2.37. The number of hydrogen-bond donors (Lipinski definition) is 2. The molecule has 2 N–H and O–H groups in total. The number of hydrogen-bond acceptors (Lipinski definition) is 5. The Morgan fingerprint density at radius 2 is 1.48 bits per heavy atom. The van der Waals surface area contributed by atoms with Crippen molar-refractivity contribution in [3.63, 3.8) is 0 Å². The fraction of sp³-hybridized carbons (Fsp3) is 0.842. The molecule has 0 aliphatic rings. The molecule has 27 heavy (non-hydrogen) atoms. The second-order valence-corrected chi connectivity index (χ2v) is 7.85. The van der Waals surface area contributed by atoms with Gasteiger partial charge in [-0.25, -0.2) is 9.36 Å². The molecule has 0 amide bonds. The zero-order chi connectivity index (χ0) is 20.4. The molecule has 7 nitrogen and oxygen atoms in total. The van der Waals surface area contributed by atoms with Crippen molar-refractivity contribution in [2.75, 3.05) is 19.8 Å². The van der Waals surface area contributed by atoms with Crippen molar-refractivity contribution in [2.24, 2.45) is 0 Å². The van der Waals surface area contributed by atoms with Crippen LogP contribution >= 0.6 is 7.82 Å². The number of phosphoric acid groups is 1. The average Bonchev–Trinajstić information content (AvgIpc) is 2.61. The Labute approximate surface area is 163 Å². The van der Waals surface area contributed by atoms with Gasteiger partial charge in [-0.2, -0.15) is 0 Å². The number of phosphoric ester groups is 1. The van der Waals surface area contributed by atoms with E-state index in [2.05, 4.69) is 18.0 Å². The minimum atomic E-state index is -4.67. The van der Waals surface area contributed by atoms with Gasteiger partial charge in [0.25, 0.3) is 0 Å². The lowest BCUT2D eigenvalue weighted by Gasteiger charge is -2.18. The first-order chi connectivity index (χ1) is 12.9. The molecule has 0 aromatic rings. The van der Waals surface area contributed by atoms with E-state index >= 15 is 0 Å². The summed E-state index contributed by atoms with van der Waals surface area (Å²) >= 11 is 0. The van der Waals surface area contributed by atoms with Crippen LogP contribution in [0.25, 0.3) is 0 Å². The number of rotatable bonds is 19. The van der Waals surface area contributed by atoms with Gasteiger partial charge < -0.3 is 19.3 Å². The Hall–Kier alpha value is -0.720. The highest BCUT2D eigenvalue weighted by atomic mass is 31.2. The summed E-state index contributed by atoms with van der Waals surface area (Å²) in [5.41, 5.74) is 0. The molecular formula is C19H37O7P. The van der Waals surface area contributed by atoms with Crippen LogP contribution in [0.2, 0.25) is 0 Å². The van der Waals surface area contributed by atoms with Gasteiger partial charge in [-0.15, -0.1) is 0 Å². The van der Waals surface area contributed by atoms with Crippen molar-refractivity contribution in [1.82, 2.24) is 0 Å². The summed E-state index contributed by atoms with van der Waals surface area (Å²) in [5.74, 6) is -0.681. The maximum absolute atomic E-state index is 11.0. The zero-order valence-electron chi connectivity index (χ0n) is 16.6. The van der Waals surface area contributed by atoms with E-state index in [0.717, 1.165) is 25.3 Å². The second-order valence-electron chi connectivity index (χ2n) is 6.66. The van der Waals surface area contributed by atoms with Crippen LogP contribution in [0, 0.1) is 0 Å². The van der Waals surface area contributed by atoms with Crippen molar-refractivity contribution >= 4 is 13.8 Å². The first kappa shape index (κ1) is 26.3. The van der Waals surface area contributed by atoms with Gasteiger partial charge >= 0.3 is 13.8 Å². The first-order valence-electron chi connectivity index (χ1n) is 10.00. The van der Waals surface area contributed by atoms with E-state index in [1.165, 1.54) is 51.4 Å². The first-order valence-corrected chi connectivity index (χ1v) is 11.5. The van der Waals surface area contributed by atoms with E-state index in [-0.39, 0.29) is 13.2 Å². The normalized spacial score (nSPS) is 12.7. The summed E-state index contributed by atoms with van der Waals surface area (Å²) in [6, 6.07) is 0. The monoisotopic (exact) mass is 408 g/mol. The Balaban J connectivity index is 3.65. The summed E-state index contributed by atoms with van der Waals surface area (Å²) in [6.45, 7) is 5.61. The molecule has 160 valence electrons. The summed E-state index contributed by atoms with van der Waals surface area (Å²) in [7, 11) is -4.67. The topological polar surface area (TPSA) is 102 Å². The van der Waals surface area contributed by atoms with Gasteiger partial charge in [-0.05, 0) is 6.42 Å². The lowest BCUT2D eigenvalue weighted by molar-refractivity contribution is -0.141. The third-order valence-electron chi connectivity index (χ3n) is 4.06.